The van der Waals surface area contributed by atoms with E-state index in [4.69, 9.17) is 10.8 Å². The number of nitrogens with zero attached hydrogens (tertiary/aromatic N) is 1. The second-order valence-electron chi connectivity index (χ2n) is 2.88. The maximum atomic E-state index is 10.5. The molecule has 0 radical (unpaired) electrons. The van der Waals surface area contributed by atoms with Gasteiger partial charge in [-0.15, -0.1) is 11.3 Å². The van der Waals surface area contributed by atoms with E-state index in [0.717, 1.165) is 0 Å². The number of aromatic carboxylic acids is 1. The van der Waals surface area contributed by atoms with Crippen LogP contribution < -0.4 is 5.73 Å². The maximum Gasteiger partial charge on any atom is 0.355 e. The summed E-state index contributed by atoms with van der Waals surface area (Å²) in [5.74, 6) is -1.04. The van der Waals surface area contributed by atoms with Crippen LogP contribution >= 0.6 is 11.3 Å². The van der Waals surface area contributed by atoms with Crippen LogP contribution in [0, 0.1) is 0 Å². The zero-order chi connectivity index (χ0) is 14.6. The fraction of sp³-hybridized carbons (Fsp3) is 0.385. The monoisotopic (exact) mass is 270 g/mol. The minimum absolute atomic E-state index is 0.0289. The molecule has 0 unspecified atom stereocenters. The topological polar surface area (TPSA) is 76.2 Å². The van der Waals surface area contributed by atoms with Gasteiger partial charge in [-0.2, -0.15) is 0 Å². The molecule has 0 bridgehead atoms. The maximum absolute atomic E-state index is 10.5. The van der Waals surface area contributed by atoms with E-state index in [-0.39, 0.29) is 5.69 Å². The zero-order valence-corrected chi connectivity index (χ0v) is 12.3. The van der Waals surface area contributed by atoms with Crippen LogP contribution in [0.4, 0.5) is 0 Å². The molecular formula is C13H22N2O2S. The van der Waals surface area contributed by atoms with Gasteiger partial charge in [-0.3, -0.25) is 0 Å². The van der Waals surface area contributed by atoms with Crippen molar-refractivity contribution in [2.75, 3.05) is 0 Å². The van der Waals surface area contributed by atoms with Gasteiger partial charge in [0.05, 0.1) is 0 Å². The Labute approximate surface area is 113 Å². The highest BCUT2D eigenvalue weighted by Crippen LogP contribution is 2.19. The second-order valence-corrected chi connectivity index (χ2v) is 3.73. The Bertz CT molecular complexity index is 384. The summed E-state index contributed by atoms with van der Waals surface area (Å²) in [4.78, 5) is 14.3. The van der Waals surface area contributed by atoms with Crippen molar-refractivity contribution in [3.05, 3.63) is 34.9 Å². The Morgan fingerprint density at radius 2 is 2.06 bits per heavy atom. The van der Waals surface area contributed by atoms with E-state index in [0.29, 0.717) is 10.6 Å². The molecular weight excluding hydrogens is 248 g/mol. The van der Waals surface area contributed by atoms with E-state index in [1.54, 1.807) is 0 Å². The summed E-state index contributed by atoms with van der Waals surface area (Å²) in [6.45, 7) is 11.8. The van der Waals surface area contributed by atoms with Crippen molar-refractivity contribution in [2.24, 2.45) is 5.73 Å². The van der Waals surface area contributed by atoms with Crippen molar-refractivity contribution in [1.82, 2.24) is 4.98 Å². The highest BCUT2D eigenvalue weighted by Gasteiger charge is 2.09. The lowest BCUT2D eigenvalue weighted by Gasteiger charge is -1.91. The highest BCUT2D eigenvalue weighted by atomic mass is 32.1. The van der Waals surface area contributed by atoms with Crippen LogP contribution in [-0.2, 0) is 0 Å². The molecule has 0 saturated heterocycles. The summed E-state index contributed by atoms with van der Waals surface area (Å²) in [5.41, 5.74) is 5.95. The molecule has 18 heavy (non-hydrogen) atoms. The minimum Gasteiger partial charge on any atom is -0.476 e. The van der Waals surface area contributed by atoms with E-state index < -0.39 is 5.97 Å². The van der Waals surface area contributed by atoms with Gasteiger partial charge < -0.3 is 10.8 Å². The standard InChI is InChI=1S/C8H8N2O2S.C3H8.C2H6/c1-2-5(3-9)7-10-6(4-13-7)8(11)12;1-3-2;1-2/h2-4H,1,9H2,(H,11,12);3H2,1-2H3;1-2H3/b5-3+;;. The number of allylic oxidation sites excluding steroid dienone is 2. The number of aromatic nitrogens is 1. The van der Waals surface area contributed by atoms with Crippen molar-refractivity contribution < 1.29 is 9.90 Å². The molecule has 102 valence electrons. The van der Waals surface area contributed by atoms with Gasteiger partial charge in [-0.1, -0.05) is 46.8 Å². The largest absolute Gasteiger partial charge is 0.476 e. The van der Waals surface area contributed by atoms with Crippen molar-refractivity contribution >= 4 is 22.9 Å². The fourth-order valence-corrected chi connectivity index (χ4v) is 1.55. The molecule has 1 rings (SSSR count). The summed E-state index contributed by atoms with van der Waals surface area (Å²) in [5, 5.41) is 10.6. The Kier molecular flexibility index (Phi) is 12.3. The van der Waals surface area contributed by atoms with Crippen LogP contribution in [0.15, 0.2) is 24.2 Å². The van der Waals surface area contributed by atoms with Gasteiger partial charge >= 0.3 is 5.97 Å². The number of hydrogen-bond acceptors (Lipinski definition) is 4. The molecule has 0 aliphatic carbocycles. The van der Waals surface area contributed by atoms with Gasteiger partial charge in [0.15, 0.2) is 5.69 Å². The lowest BCUT2D eigenvalue weighted by molar-refractivity contribution is 0.0691. The van der Waals surface area contributed by atoms with Gasteiger partial charge in [0.25, 0.3) is 0 Å². The summed E-state index contributed by atoms with van der Waals surface area (Å²) < 4.78 is 0. The molecule has 0 aliphatic heterocycles. The lowest BCUT2D eigenvalue weighted by Crippen LogP contribution is -1.96. The van der Waals surface area contributed by atoms with Crippen LogP contribution in [-0.4, -0.2) is 16.1 Å². The molecule has 1 aromatic heterocycles. The Balaban J connectivity index is 0. The van der Waals surface area contributed by atoms with Crippen LogP contribution in [0.1, 0.15) is 49.6 Å². The number of carbonyl (C=O) groups is 1. The molecule has 0 aliphatic rings. The van der Waals surface area contributed by atoms with E-state index >= 15 is 0 Å². The number of rotatable bonds is 3. The van der Waals surface area contributed by atoms with Crippen LogP contribution in [0.5, 0.6) is 0 Å². The highest BCUT2D eigenvalue weighted by molar-refractivity contribution is 7.11. The van der Waals surface area contributed by atoms with Crippen molar-refractivity contribution in [3.63, 3.8) is 0 Å². The fourth-order valence-electron chi connectivity index (χ4n) is 0.731. The predicted octanol–water partition coefficient (Wildman–Crippen LogP) is 3.77. The van der Waals surface area contributed by atoms with Crippen molar-refractivity contribution in [2.45, 2.75) is 34.1 Å². The molecule has 0 spiro atoms. The molecule has 1 heterocycles. The number of thiazole rings is 1. The van der Waals surface area contributed by atoms with Gasteiger partial charge in [0, 0.05) is 17.2 Å². The van der Waals surface area contributed by atoms with E-state index in [1.165, 1.54) is 35.4 Å². The number of nitrogens with two attached hydrogens (primary N) is 1. The van der Waals surface area contributed by atoms with Crippen molar-refractivity contribution in [1.29, 1.82) is 0 Å². The molecule has 0 amide bonds. The third-order valence-corrected chi connectivity index (χ3v) is 2.26. The molecule has 0 atom stereocenters. The van der Waals surface area contributed by atoms with Crippen LogP contribution in [0.25, 0.3) is 5.57 Å². The number of hydrogen-bond donors (Lipinski definition) is 2. The summed E-state index contributed by atoms with van der Waals surface area (Å²) in [6.07, 6.45) is 4.13. The molecule has 5 heteroatoms. The number of carboxylic acid groups (broad SMARTS) is 1. The van der Waals surface area contributed by atoms with Gasteiger partial charge in [0.2, 0.25) is 0 Å². The molecule has 0 aromatic carbocycles. The summed E-state index contributed by atoms with van der Waals surface area (Å²) >= 11 is 1.22. The number of carboxylic acids is 1. The smallest absolute Gasteiger partial charge is 0.355 e. The van der Waals surface area contributed by atoms with Crippen LogP contribution in [0.3, 0.4) is 0 Å². The molecule has 4 nitrogen and oxygen atoms in total. The Morgan fingerprint density at radius 1 is 1.56 bits per heavy atom. The third-order valence-electron chi connectivity index (χ3n) is 1.37. The normalized spacial score (nSPS) is 9.44. The van der Waals surface area contributed by atoms with E-state index in [9.17, 15) is 4.79 Å². The van der Waals surface area contributed by atoms with Crippen molar-refractivity contribution in [3.8, 4) is 0 Å². The minimum atomic E-state index is -1.04. The second kappa shape index (κ2) is 11.9. The first-order chi connectivity index (χ1) is 8.60. The quantitative estimate of drug-likeness (QED) is 0.820. The molecule has 0 fully saturated rings. The lowest BCUT2D eigenvalue weighted by atomic mass is 10.3. The van der Waals surface area contributed by atoms with E-state index in [2.05, 4.69) is 25.4 Å². The van der Waals surface area contributed by atoms with Gasteiger partial charge in [0.1, 0.15) is 5.01 Å². The SMILES string of the molecule is C=C/C(=C\N)c1nc(C(=O)O)cs1.CC.CCC. The average molecular weight is 270 g/mol. The Hall–Kier alpha value is -1.62. The third kappa shape index (κ3) is 6.85. The molecule has 1 aromatic rings. The summed E-state index contributed by atoms with van der Waals surface area (Å²) in [6, 6.07) is 0. The molecule has 3 N–H and O–H groups in total. The Morgan fingerprint density at radius 3 is 2.33 bits per heavy atom. The van der Waals surface area contributed by atoms with Gasteiger partial charge in [-0.25, -0.2) is 9.78 Å². The molecule has 0 saturated carbocycles. The van der Waals surface area contributed by atoms with Gasteiger partial charge in [-0.05, 0) is 0 Å². The van der Waals surface area contributed by atoms with Crippen LogP contribution in [0.2, 0.25) is 0 Å². The van der Waals surface area contributed by atoms with E-state index in [1.807, 2.05) is 13.8 Å². The first kappa shape index (κ1) is 18.7. The first-order valence-corrected chi connectivity index (χ1v) is 6.72. The predicted molar refractivity (Wildman–Crippen MR) is 78.7 cm³/mol. The average Bonchev–Trinajstić information content (AvgIpc) is 2.84. The zero-order valence-electron chi connectivity index (χ0n) is 11.4. The first-order valence-electron chi connectivity index (χ1n) is 5.84. The summed E-state index contributed by atoms with van der Waals surface area (Å²) in [7, 11) is 0.